The predicted octanol–water partition coefficient (Wildman–Crippen LogP) is 4.17. The molecule has 2 aromatic rings. The van der Waals surface area contributed by atoms with Gasteiger partial charge in [-0.25, -0.2) is 8.78 Å². The number of benzene rings is 2. The minimum absolute atomic E-state index is 0.0282. The zero-order chi connectivity index (χ0) is 15.4. The number of hydrogen-bond acceptors (Lipinski definition) is 2. The van der Waals surface area contributed by atoms with Crippen molar-refractivity contribution in [2.75, 3.05) is 0 Å². The van der Waals surface area contributed by atoms with E-state index in [9.17, 15) is 8.78 Å². The molecule has 0 fully saturated rings. The van der Waals surface area contributed by atoms with Crippen molar-refractivity contribution in [3.63, 3.8) is 0 Å². The van der Waals surface area contributed by atoms with Gasteiger partial charge in [-0.1, -0.05) is 29.8 Å². The van der Waals surface area contributed by atoms with Gasteiger partial charge in [-0.05, 0) is 53.4 Å². The minimum atomic E-state index is -0.609. The highest BCUT2D eigenvalue weighted by Crippen LogP contribution is 2.29. The third kappa shape index (κ3) is 3.87. The van der Waals surface area contributed by atoms with Gasteiger partial charge in [0.25, 0.3) is 0 Å². The summed E-state index contributed by atoms with van der Waals surface area (Å²) in [6, 6.07) is 10.0. The number of hydrogen-bond donors (Lipinski definition) is 2. The number of aryl methyl sites for hydroxylation is 2. The summed E-state index contributed by atoms with van der Waals surface area (Å²) in [7, 11) is 0. The Bertz CT molecular complexity index is 632. The fraction of sp³-hybridized carbons (Fsp3) is 0.250. The number of nitrogens with one attached hydrogen (secondary N) is 1. The summed E-state index contributed by atoms with van der Waals surface area (Å²) in [4.78, 5) is 0. The molecule has 0 spiro atoms. The zero-order valence-corrected chi connectivity index (χ0v) is 13.3. The van der Waals surface area contributed by atoms with Gasteiger partial charge in [0.2, 0.25) is 0 Å². The summed E-state index contributed by atoms with van der Waals surface area (Å²) < 4.78 is 28.2. The second-order valence-electron chi connectivity index (χ2n) is 5.00. The fourth-order valence-corrected chi connectivity index (χ4v) is 2.70. The quantitative estimate of drug-likeness (QED) is 0.480. The van der Waals surface area contributed by atoms with E-state index in [4.69, 9.17) is 5.84 Å². The smallest absolute Gasteiger partial charge is 0.145 e. The first-order valence-corrected chi connectivity index (χ1v) is 7.47. The van der Waals surface area contributed by atoms with E-state index in [2.05, 4.69) is 27.4 Å². The second-order valence-corrected chi connectivity index (χ2v) is 5.86. The molecule has 0 bridgehead atoms. The first-order valence-electron chi connectivity index (χ1n) is 6.68. The lowest BCUT2D eigenvalue weighted by Gasteiger charge is -2.18. The standard InChI is InChI=1S/C16H17BrF2N2/c1-10-3-2-4-11(9-10)5-8-14(21-20)15-13(18)7-6-12(17)16(15)19/h2-4,6-7,9,14,21H,5,8,20H2,1H3. The molecule has 0 heterocycles. The second kappa shape index (κ2) is 7.11. The van der Waals surface area contributed by atoms with Crippen LogP contribution in [0.15, 0.2) is 40.9 Å². The lowest BCUT2D eigenvalue weighted by atomic mass is 9.98. The molecular formula is C16H17BrF2N2. The molecule has 0 saturated heterocycles. The molecule has 2 aromatic carbocycles. The van der Waals surface area contributed by atoms with Gasteiger partial charge in [-0.15, -0.1) is 0 Å². The van der Waals surface area contributed by atoms with Crippen LogP contribution in [0.1, 0.15) is 29.2 Å². The van der Waals surface area contributed by atoms with Crippen molar-refractivity contribution in [3.05, 3.63) is 69.2 Å². The summed E-state index contributed by atoms with van der Waals surface area (Å²) >= 11 is 3.07. The number of halogens is 3. The number of hydrazine groups is 1. The molecule has 0 aliphatic rings. The van der Waals surface area contributed by atoms with E-state index in [0.29, 0.717) is 12.8 Å². The minimum Gasteiger partial charge on any atom is -0.271 e. The maximum absolute atomic E-state index is 14.1. The molecule has 0 saturated carbocycles. The van der Waals surface area contributed by atoms with Crippen LogP contribution in [0.25, 0.3) is 0 Å². The molecule has 112 valence electrons. The normalized spacial score (nSPS) is 12.4. The molecule has 0 aliphatic carbocycles. The van der Waals surface area contributed by atoms with Crippen LogP contribution < -0.4 is 11.3 Å². The summed E-state index contributed by atoms with van der Waals surface area (Å²) in [5, 5.41) is 0. The van der Waals surface area contributed by atoms with E-state index >= 15 is 0 Å². The molecule has 1 unspecified atom stereocenters. The molecular weight excluding hydrogens is 338 g/mol. The number of rotatable bonds is 5. The van der Waals surface area contributed by atoms with Crippen LogP contribution in [-0.4, -0.2) is 0 Å². The summed E-state index contributed by atoms with van der Waals surface area (Å²) in [5.41, 5.74) is 4.76. The van der Waals surface area contributed by atoms with Crippen LogP contribution in [0.5, 0.6) is 0 Å². The Balaban J connectivity index is 2.19. The van der Waals surface area contributed by atoms with E-state index in [1.54, 1.807) is 0 Å². The van der Waals surface area contributed by atoms with E-state index in [-0.39, 0.29) is 10.0 Å². The van der Waals surface area contributed by atoms with E-state index < -0.39 is 17.7 Å². The molecule has 2 rings (SSSR count). The lowest BCUT2D eigenvalue weighted by molar-refractivity contribution is 0.452. The lowest BCUT2D eigenvalue weighted by Crippen LogP contribution is -2.30. The SMILES string of the molecule is Cc1cccc(CCC(NN)c2c(F)ccc(Br)c2F)c1. The Hall–Kier alpha value is -1.30. The zero-order valence-electron chi connectivity index (χ0n) is 11.7. The van der Waals surface area contributed by atoms with Crippen molar-refractivity contribution in [1.29, 1.82) is 0 Å². The van der Waals surface area contributed by atoms with E-state index in [1.807, 2.05) is 25.1 Å². The van der Waals surface area contributed by atoms with Gasteiger partial charge < -0.3 is 0 Å². The van der Waals surface area contributed by atoms with Crippen LogP contribution in [0.4, 0.5) is 8.78 Å². The van der Waals surface area contributed by atoms with E-state index in [0.717, 1.165) is 11.1 Å². The van der Waals surface area contributed by atoms with Crippen LogP contribution in [0, 0.1) is 18.6 Å². The van der Waals surface area contributed by atoms with Gasteiger partial charge in [0.15, 0.2) is 0 Å². The molecule has 5 heteroatoms. The van der Waals surface area contributed by atoms with Crippen LogP contribution in [0.3, 0.4) is 0 Å². The monoisotopic (exact) mass is 354 g/mol. The molecule has 2 nitrogen and oxygen atoms in total. The van der Waals surface area contributed by atoms with Crippen molar-refractivity contribution < 1.29 is 8.78 Å². The van der Waals surface area contributed by atoms with Crippen LogP contribution >= 0.6 is 15.9 Å². The Morgan fingerprint density at radius 2 is 2.00 bits per heavy atom. The van der Waals surface area contributed by atoms with Gasteiger partial charge in [0, 0.05) is 5.56 Å². The van der Waals surface area contributed by atoms with Crippen molar-refractivity contribution in [1.82, 2.24) is 5.43 Å². The largest absolute Gasteiger partial charge is 0.271 e. The van der Waals surface area contributed by atoms with Gasteiger partial charge in [-0.3, -0.25) is 11.3 Å². The molecule has 1 atom stereocenters. The Morgan fingerprint density at radius 3 is 2.67 bits per heavy atom. The first kappa shape index (κ1) is 16.1. The summed E-state index contributed by atoms with van der Waals surface area (Å²) in [6.45, 7) is 2.01. The molecule has 0 radical (unpaired) electrons. The van der Waals surface area contributed by atoms with Crippen LogP contribution in [-0.2, 0) is 6.42 Å². The van der Waals surface area contributed by atoms with Gasteiger partial charge in [-0.2, -0.15) is 0 Å². The highest BCUT2D eigenvalue weighted by Gasteiger charge is 2.21. The Labute approximate surface area is 131 Å². The third-order valence-electron chi connectivity index (χ3n) is 3.43. The number of nitrogens with two attached hydrogens (primary N) is 1. The first-order chi connectivity index (χ1) is 10.0. The molecule has 21 heavy (non-hydrogen) atoms. The Morgan fingerprint density at radius 1 is 1.24 bits per heavy atom. The third-order valence-corrected chi connectivity index (χ3v) is 4.05. The van der Waals surface area contributed by atoms with Crippen LogP contribution in [0.2, 0.25) is 0 Å². The highest BCUT2D eigenvalue weighted by atomic mass is 79.9. The molecule has 0 aromatic heterocycles. The molecule has 0 amide bonds. The fourth-order valence-electron chi connectivity index (χ4n) is 2.35. The molecule has 0 aliphatic heterocycles. The van der Waals surface area contributed by atoms with Gasteiger partial charge in [0.05, 0.1) is 10.5 Å². The average Bonchev–Trinajstić information content (AvgIpc) is 2.46. The Kier molecular flexibility index (Phi) is 5.45. The van der Waals surface area contributed by atoms with Gasteiger partial charge in [0.1, 0.15) is 11.6 Å². The predicted molar refractivity (Wildman–Crippen MR) is 83.6 cm³/mol. The van der Waals surface area contributed by atoms with Gasteiger partial charge >= 0.3 is 0 Å². The maximum atomic E-state index is 14.1. The highest BCUT2D eigenvalue weighted by molar-refractivity contribution is 9.10. The van der Waals surface area contributed by atoms with Crippen molar-refractivity contribution in [2.45, 2.75) is 25.8 Å². The van der Waals surface area contributed by atoms with E-state index in [1.165, 1.54) is 12.1 Å². The topological polar surface area (TPSA) is 38.0 Å². The molecule has 3 N–H and O–H groups in total. The summed E-state index contributed by atoms with van der Waals surface area (Å²) in [6.07, 6.45) is 1.19. The van der Waals surface area contributed by atoms with Crippen molar-refractivity contribution in [2.24, 2.45) is 5.84 Å². The maximum Gasteiger partial charge on any atom is 0.145 e. The van der Waals surface area contributed by atoms with Crippen molar-refractivity contribution >= 4 is 15.9 Å². The van der Waals surface area contributed by atoms with Crippen molar-refractivity contribution in [3.8, 4) is 0 Å². The summed E-state index contributed by atoms with van der Waals surface area (Å²) in [5.74, 6) is 4.28. The average molecular weight is 355 g/mol.